The smallest absolute Gasteiger partial charge is 0.233 e. The summed E-state index contributed by atoms with van der Waals surface area (Å²) in [6, 6.07) is 16.0. The fraction of sp³-hybridized carbons (Fsp3) is 0.261. The summed E-state index contributed by atoms with van der Waals surface area (Å²) in [7, 11) is 0. The molecule has 0 radical (unpaired) electrons. The van der Waals surface area contributed by atoms with Crippen molar-refractivity contribution in [2.75, 3.05) is 11.4 Å². The lowest BCUT2D eigenvalue weighted by atomic mass is 10.1. The Hall–Kier alpha value is -2.79. The van der Waals surface area contributed by atoms with E-state index in [0.717, 1.165) is 40.1 Å². The minimum Gasteiger partial charge on any atom is -0.286 e. The quantitative estimate of drug-likeness (QED) is 0.507. The zero-order valence-corrected chi connectivity index (χ0v) is 17.2. The molecule has 5 heteroatoms. The summed E-state index contributed by atoms with van der Waals surface area (Å²) in [5.74, 6) is 0.0566. The van der Waals surface area contributed by atoms with Gasteiger partial charge in [0.05, 0.1) is 6.42 Å². The van der Waals surface area contributed by atoms with Crippen molar-refractivity contribution in [3.8, 4) is 10.6 Å². The van der Waals surface area contributed by atoms with Gasteiger partial charge in [0.15, 0.2) is 0 Å². The van der Waals surface area contributed by atoms with Gasteiger partial charge in [-0.05, 0) is 30.0 Å². The van der Waals surface area contributed by atoms with E-state index in [2.05, 4.69) is 36.7 Å². The summed E-state index contributed by atoms with van der Waals surface area (Å²) in [4.78, 5) is 14.8. The molecule has 28 heavy (non-hydrogen) atoms. The molecule has 2 aromatic carbocycles. The van der Waals surface area contributed by atoms with Crippen LogP contribution in [0.3, 0.4) is 0 Å². The lowest BCUT2D eigenvalue weighted by Crippen LogP contribution is -2.33. The zero-order chi connectivity index (χ0) is 19.9. The number of rotatable bonds is 8. The molecular formula is C23H25N3OS. The van der Waals surface area contributed by atoms with Crippen LogP contribution in [0.25, 0.3) is 16.6 Å². The second-order valence-corrected chi connectivity index (χ2v) is 7.69. The molecule has 4 nitrogen and oxygen atoms in total. The first-order valence-corrected chi connectivity index (χ1v) is 10.3. The van der Waals surface area contributed by atoms with E-state index in [0.29, 0.717) is 18.1 Å². The Labute approximate surface area is 170 Å². The third kappa shape index (κ3) is 4.73. The first-order valence-electron chi connectivity index (χ1n) is 9.53. The molecule has 0 atom stereocenters. The summed E-state index contributed by atoms with van der Waals surface area (Å²) >= 11 is 1.47. The molecule has 0 aliphatic heterocycles. The SMILES string of the molecule is C=Cc1ccc(-c2nnc(N(CCCC)C(=O)Cc3ccccc3)s2)c(C)c1. The number of hydrogen-bond acceptors (Lipinski definition) is 4. The highest BCUT2D eigenvalue weighted by atomic mass is 32.1. The Kier molecular flexibility index (Phi) is 6.71. The van der Waals surface area contributed by atoms with Gasteiger partial charge in [0, 0.05) is 12.1 Å². The molecule has 3 aromatic rings. The van der Waals surface area contributed by atoms with Crippen molar-refractivity contribution in [1.29, 1.82) is 0 Å². The second kappa shape index (κ2) is 9.42. The van der Waals surface area contributed by atoms with Crippen molar-refractivity contribution < 1.29 is 4.79 Å². The van der Waals surface area contributed by atoms with E-state index in [1.165, 1.54) is 11.3 Å². The largest absolute Gasteiger partial charge is 0.286 e. The van der Waals surface area contributed by atoms with E-state index in [-0.39, 0.29) is 5.91 Å². The normalized spacial score (nSPS) is 10.6. The van der Waals surface area contributed by atoms with Gasteiger partial charge in [-0.2, -0.15) is 0 Å². The number of amides is 1. The topological polar surface area (TPSA) is 46.1 Å². The summed E-state index contributed by atoms with van der Waals surface area (Å²) in [5.41, 5.74) is 4.25. The van der Waals surface area contributed by atoms with Gasteiger partial charge in [0.2, 0.25) is 11.0 Å². The van der Waals surface area contributed by atoms with E-state index in [9.17, 15) is 4.79 Å². The Balaban J connectivity index is 1.85. The number of aromatic nitrogens is 2. The number of carbonyl (C=O) groups excluding carboxylic acids is 1. The number of carbonyl (C=O) groups is 1. The first kappa shape index (κ1) is 20.0. The molecule has 1 amide bonds. The summed E-state index contributed by atoms with van der Waals surface area (Å²) in [6.07, 6.45) is 4.15. The summed E-state index contributed by atoms with van der Waals surface area (Å²) in [6.45, 7) is 8.65. The maximum absolute atomic E-state index is 13.0. The lowest BCUT2D eigenvalue weighted by Gasteiger charge is -2.19. The molecule has 144 valence electrons. The molecular weight excluding hydrogens is 366 g/mol. The predicted molar refractivity (Wildman–Crippen MR) is 118 cm³/mol. The third-order valence-electron chi connectivity index (χ3n) is 4.60. The number of benzene rings is 2. The molecule has 0 unspecified atom stereocenters. The fourth-order valence-electron chi connectivity index (χ4n) is 3.00. The van der Waals surface area contributed by atoms with Gasteiger partial charge in [0.1, 0.15) is 5.01 Å². The number of aryl methyl sites for hydroxylation is 1. The highest BCUT2D eigenvalue weighted by Gasteiger charge is 2.21. The van der Waals surface area contributed by atoms with Gasteiger partial charge < -0.3 is 0 Å². The van der Waals surface area contributed by atoms with Gasteiger partial charge in [-0.1, -0.05) is 85.9 Å². The highest BCUT2D eigenvalue weighted by molar-refractivity contribution is 7.18. The van der Waals surface area contributed by atoms with Crippen molar-refractivity contribution in [3.05, 3.63) is 71.8 Å². The Bertz CT molecular complexity index is 949. The minimum absolute atomic E-state index is 0.0566. The lowest BCUT2D eigenvalue weighted by molar-refractivity contribution is -0.118. The molecule has 0 saturated heterocycles. The number of nitrogens with zero attached hydrogens (tertiary/aromatic N) is 3. The Morgan fingerprint density at radius 2 is 1.96 bits per heavy atom. The van der Waals surface area contributed by atoms with Crippen LogP contribution in [0.2, 0.25) is 0 Å². The van der Waals surface area contributed by atoms with Crippen LogP contribution in [-0.2, 0) is 11.2 Å². The van der Waals surface area contributed by atoms with Gasteiger partial charge in [0.25, 0.3) is 0 Å². The van der Waals surface area contributed by atoms with Gasteiger partial charge >= 0.3 is 0 Å². The second-order valence-electron chi connectivity index (χ2n) is 6.73. The van der Waals surface area contributed by atoms with Crippen molar-refractivity contribution in [2.45, 2.75) is 33.1 Å². The van der Waals surface area contributed by atoms with Crippen molar-refractivity contribution in [1.82, 2.24) is 10.2 Å². The number of hydrogen-bond donors (Lipinski definition) is 0. The van der Waals surface area contributed by atoms with E-state index in [4.69, 9.17) is 0 Å². The van der Waals surface area contributed by atoms with Crippen LogP contribution < -0.4 is 4.90 Å². The standard InChI is InChI=1S/C23H25N3OS/c1-4-6-14-26(21(27)16-19-10-8-7-9-11-19)23-25-24-22(28-23)20-13-12-18(5-2)15-17(20)3/h5,7-13,15H,2,4,6,14,16H2,1,3H3. The van der Waals surface area contributed by atoms with Gasteiger partial charge in [-0.25, -0.2) is 0 Å². The van der Waals surface area contributed by atoms with E-state index < -0.39 is 0 Å². The fourth-order valence-corrected chi connectivity index (χ4v) is 3.97. The zero-order valence-electron chi connectivity index (χ0n) is 16.4. The molecule has 3 rings (SSSR count). The first-order chi connectivity index (χ1) is 13.6. The molecule has 0 aliphatic carbocycles. The average molecular weight is 392 g/mol. The van der Waals surface area contributed by atoms with E-state index in [1.54, 1.807) is 4.90 Å². The van der Waals surface area contributed by atoms with Crippen molar-refractivity contribution >= 4 is 28.5 Å². The molecule has 0 N–H and O–H groups in total. The maximum atomic E-state index is 13.0. The minimum atomic E-state index is 0.0566. The van der Waals surface area contributed by atoms with Gasteiger partial charge in [-0.15, -0.1) is 10.2 Å². The van der Waals surface area contributed by atoms with Gasteiger partial charge in [-0.3, -0.25) is 9.69 Å². The van der Waals surface area contributed by atoms with Crippen LogP contribution in [0, 0.1) is 6.92 Å². The van der Waals surface area contributed by atoms with Crippen LogP contribution in [0.15, 0.2) is 55.1 Å². The number of unbranched alkanes of at least 4 members (excludes halogenated alkanes) is 1. The van der Waals surface area contributed by atoms with E-state index in [1.807, 2.05) is 48.5 Å². The molecule has 0 fully saturated rings. The molecule has 1 aromatic heterocycles. The van der Waals surface area contributed by atoms with Crippen LogP contribution >= 0.6 is 11.3 Å². The average Bonchev–Trinajstić information content (AvgIpc) is 3.18. The predicted octanol–water partition coefficient (Wildman–Crippen LogP) is 5.53. The highest BCUT2D eigenvalue weighted by Crippen LogP contribution is 2.32. The van der Waals surface area contributed by atoms with Crippen LogP contribution in [0.5, 0.6) is 0 Å². The Morgan fingerprint density at radius 1 is 1.18 bits per heavy atom. The monoisotopic (exact) mass is 391 g/mol. The molecule has 0 bridgehead atoms. The van der Waals surface area contributed by atoms with Crippen LogP contribution in [0.1, 0.15) is 36.5 Å². The van der Waals surface area contributed by atoms with Crippen LogP contribution in [0.4, 0.5) is 5.13 Å². The Morgan fingerprint density at radius 3 is 2.64 bits per heavy atom. The maximum Gasteiger partial charge on any atom is 0.233 e. The molecule has 0 aliphatic rings. The van der Waals surface area contributed by atoms with Crippen molar-refractivity contribution in [3.63, 3.8) is 0 Å². The number of anilines is 1. The van der Waals surface area contributed by atoms with Crippen LogP contribution in [-0.4, -0.2) is 22.6 Å². The summed E-state index contributed by atoms with van der Waals surface area (Å²) < 4.78 is 0. The third-order valence-corrected chi connectivity index (χ3v) is 5.58. The molecule has 0 saturated carbocycles. The molecule has 0 spiro atoms. The van der Waals surface area contributed by atoms with Crippen molar-refractivity contribution in [2.24, 2.45) is 0 Å². The van der Waals surface area contributed by atoms with E-state index >= 15 is 0 Å². The molecule has 1 heterocycles. The summed E-state index contributed by atoms with van der Waals surface area (Å²) in [5, 5.41) is 10.2.